The first-order valence-electron chi connectivity index (χ1n) is 7.42. The summed E-state index contributed by atoms with van der Waals surface area (Å²) in [6.07, 6.45) is -4.23. The van der Waals surface area contributed by atoms with Crippen LogP contribution < -0.4 is 5.32 Å². The van der Waals surface area contributed by atoms with Crippen molar-refractivity contribution >= 4 is 11.8 Å². The number of nitrogens with zero attached hydrogens (tertiary/aromatic N) is 1. The lowest BCUT2D eigenvalue weighted by molar-refractivity contribution is -0.174. The summed E-state index contributed by atoms with van der Waals surface area (Å²) in [6, 6.07) is 5.02. The van der Waals surface area contributed by atoms with Crippen molar-refractivity contribution in [1.82, 2.24) is 10.2 Å². The Balaban J connectivity index is 1.94. The van der Waals surface area contributed by atoms with Crippen LogP contribution in [0.2, 0.25) is 0 Å². The van der Waals surface area contributed by atoms with Gasteiger partial charge in [-0.1, -0.05) is 17.2 Å². The van der Waals surface area contributed by atoms with Crippen molar-refractivity contribution in [2.75, 3.05) is 13.1 Å². The summed E-state index contributed by atoms with van der Waals surface area (Å²) in [6.45, 7) is 4.47. The van der Waals surface area contributed by atoms with Crippen molar-refractivity contribution in [3.63, 3.8) is 0 Å². The van der Waals surface area contributed by atoms with Gasteiger partial charge in [0.05, 0.1) is 0 Å². The van der Waals surface area contributed by atoms with Crippen LogP contribution in [0.1, 0.15) is 34.3 Å². The summed E-state index contributed by atoms with van der Waals surface area (Å²) < 4.78 is 36.7. The Kier molecular flexibility index (Phi) is 4.97. The molecule has 0 radical (unpaired) electrons. The number of hydrogen-bond acceptors (Lipinski definition) is 2. The van der Waals surface area contributed by atoms with Gasteiger partial charge in [-0.25, -0.2) is 0 Å². The zero-order valence-corrected chi connectivity index (χ0v) is 13.0. The third-order valence-corrected chi connectivity index (χ3v) is 3.84. The lowest BCUT2D eigenvalue weighted by Crippen LogP contribution is -2.49. The van der Waals surface area contributed by atoms with Gasteiger partial charge >= 0.3 is 12.1 Å². The van der Waals surface area contributed by atoms with Gasteiger partial charge in [0.25, 0.3) is 5.91 Å². The number of halogens is 3. The zero-order chi connectivity index (χ0) is 17.2. The third kappa shape index (κ3) is 4.46. The van der Waals surface area contributed by atoms with Gasteiger partial charge in [-0.05, 0) is 38.8 Å². The molecule has 1 aromatic rings. The average Bonchev–Trinajstić information content (AvgIpc) is 2.45. The van der Waals surface area contributed by atoms with Crippen molar-refractivity contribution in [3.8, 4) is 0 Å². The van der Waals surface area contributed by atoms with Crippen LogP contribution in [-0.4, -0.2) is 42.0 Å². The van der Waals surface area contributed by atoms with E-state index in [1.807, 2.05) is 25.2 Å². The summed E-state index contributed by atoms with van der Waals surface area (Å²) in [5.41, 5.74) is 2.56. The quantitative estimate of drug-likeness (QED) is 0.907. The summed E-state index contributed by atoms with van der Waals surface area (Å²) in [5, 5.41) is 1.97. The Morgan fingerprint density at radius 2 is 1.61 bits per heavy atom. The molecule has 1 saturated heterocycles. The molecule has 0 aliphatic carbocycles. The Bertz CT molecular complexity index is 586. The summed E-state index contributed by atoms with van der Waals surface area (Å²) in [5.74, 6) is -2.05. The topological polar surface area (TPSA) is 49.4 Å². The summed E-state index contributed by atoms with van der Waals surface area (Å²) >= 11 is 0. The second kappa shape index (κ2) is 6.60. The maximum atomic E-state index is 12.5. The van der Waals surface area contributed by atoms with E-state index >= 15 is 0 Å². The molecule has 23 heavy (non-hydrogen) atoms. The molecule has 0 atom stereocenters. The van der Waals surface area contributed by atoms with Crippen molar-refractivity contribution in [3.05, 3.63) is 34.9 Å². The van der Waals surface area contributed by atoms with E-state index < -0.39 is 18.1 Å². The van der Waals surface area contributed by atoms with Gasteiger partial charge in [-0.3, -0.25) is 9.59 Å². The number of piperidine rings is 1. The van der Waals surface area contributed by atoms with Crippen LogP contribution in [0.4, 0.5) is 13.2 Å². The highest BCUT2D eigenvalue weighted by atomic mass is 19.4. The molecule has 1 fully saturated rings. The minimum Gasteiger partial charge on any atom is -0.345 e. The van der Waals surface area contributed by atoms with Crippen molar-refractivity contribution in [2.45, 2.75) is 38.9 Å². The van der Waals surface area contributed by atoms with Crippen molar-refractivity contribution in [2.24, 2.45) is 0 Å². The lowest BCUT2D eigenvalue weighted by Gasteiger charge is -2.32. The first-order valence-corrected chi connectivity index (χ1v) is 7.42. The SMILES string of the molecule is Cc1cc(C)cc(C(=O)N2CCC(NC(=O)C(F)(F)F)CC2)c1. The molecule has 2 rings (SSSR count). The van der Waals surface area contributed by atoms with Crippen LogP contribution in [-0.2, 0) is 4.79 Å². The maximum absolute atomic E-state index is 12.5. The molecule has 126 valence electrons. The molecule has 7 heteroatoms. The monoisotopic (exact) mass is 328 g/mol. The molecule has 1 aliphatic rings. The van der Waals surface area contributed by atoms with Gasteiger partial charge in [0.15, 0.2) is 0 Å². The largest absolute Gasteiger partial charge is 0.471 e. The first kappa shape index (κ1) is 17.3. The number of carbonyl (C=O) groups is 2. The predicted molar refractivity (Wildman–Crippen MR) is 79.0 cm³/mol. The molecule has 1 heterocycles. The first-order chi connectivity index (χ1) is 10.7. The molecule has 1 aliphatic heterocycles. The van der Waals surface area contributed by atoms with E-state index in [2.05, 4.69) is 0 Å². The fourth-order valence-electron chi connectivity index (χ4n) is 2.77. The number of alkyl halides is 3. The molecule has 1 N–H and O–H groups in total. The number of hydrogen-bond donors (Lipinski definition) is 1. The van der Waals surface area contributed by atoms with E-state index in [-0.39, 0.29) is 5.91 Å². The molecule has 0 aromatic heterocycles. The number of carbonyl (C=O) groups excluding carboxylic acids is 2. The van der Waals surface area contributed by atoms with Gasteiger partial charge in [-0.15, -0.1) is 0 Å². The van der Waals surface area contributed by atoms with Crippen molar-refractivity contribution in [1.29, 1.82) is 0 Å². The summed E-state index contributed by atoms with van der Waals surface area (Å²) in [7, 11) is 0. The number of amides is 2. The van der Waals surface area contributed by atoms with Gasteiger partial charge < -0.3 is 10.2 Å². The van der Waals surface area contributed by atoms with E-state index in [4.69, 9.17) is 0 Å². The minimum atomic E-state index is -4.87. The van der Waals surface area contributed by atoms with Crippen LogP contribution in [0.15, 0.2) is 18.2 Å². The standard InChI is InChI=1S/C16H19F3N2O2/c1-10-7-11(2)9-12(8-10)14(22)21-5-3-13(4-6-21)20-15(23)16(17,18)19/h7-9,13H,3-6H2,1-2H3,(H,20,23). The van der Waals surface area contributed by atoms with Crippen LogP contribution in [0.3, 0.4) is 0 Å². The molecule has 0 spiro atoms. The average molecular weight is 328 g/mol. The zero-order valence-electron chi connectivity index (χ0n) is 13.0. The number of benzene rings is 1. The second-order valence-electron chi connectivity index (χ2n) is 5.91. The highest BCUT2D eigenvalue weighted by Crippen LogP contribution is 2.19. The smallest absolute Gasteiger partial charge is 0.345 e. The molecule has 0 saturated carbocycles. The number of aryl methyl sites for hydroxylation is 2. The third-order valence-electron chi connectivity index (χ3n) is 3.84. The normalized spacial score (nSPS) is 16.3. The molecule has 0 unspecified atom stereocenters. The fourth-order valence-corrected chi connectivity index (χ4v) is 2.77. The highest BCUT2D eigenvalue weighted by Gasteiger charge is 2.40. The van der Waals surface area contributed by atoms with Crippen LogP contribution >= 0.6 is 0 Å². The van der Waals surface area contributed by atoms with E-state index in [9.17, 15) is 22.8 Å². The number of nitrogens with one attached hydrogen (secondary N) is 1. The minimum absolute atomic E-state index is 0.127. The molecular formula is C16H19F3N2O2. The Labute approximate surface area is 132 Å². The van der Waals surface area contributed by atoms with E-state index in [1.165, 1.54) is 0 Å². The van der Waals surface area contributed by atoms with Crippen LogP contribution in [0.5, 0.6) is 0 Å². The number of likely N-dealkylation sites (tertiary alicyclic amines) is 1. The van der Waals surface area contributed by atoms with Gasteiger partial charge in [0.2, 0.25) is 0 Å². The summed E-state index contributed by atoms with van der Waals surface area (Å²) in [4.78, 5) is 25.0. The molecule has 4 nitrogen and oxygen atoms in total. The maximum Gasteiger partial charge on any atom is 0.471 e. The predicted octanol–water partition coefficient (Wildman–Crippen LogP) is 2.59. The molecular weight excluding hydrogens is 309 g/mol. The van der Waals surface area contributed by atoms with Gasteiger partial charge in [0.1, 0.15) is 0 Å². The Morgan fingerprint density at radius 3 is 2.09 bits per heavy atom. The van der Waals surface area contributed by atoms with Crippen LogP contribution in [0.25, 0.3) is 0 Å². The van der Waals surface area contributed by atoms with Crippen LogP contribution in [0, 0.1) is 13.8 Å². The molecule has 1 aromatic carbocycles. The fraction of sp³-hybridized carbons (Fsp3) is 0.500. The molecule has 0 bridgehead atoms. The Hall–Kier alpha value is -2.05. The van der Waals surface area contributed by atoms with Gasteiger partial charge in [-0.2, -0.15) is 13.2 Å². The lowest BCUT2D eigenvalue weighted by atomic mass is 10.0. The second-order valence-corrected chi connectivity index (χ2v) is 5.91. The van der Waals surface area contributed by atoms with E-state index in [1.54, 1.807) is 17.0 Å². The Morgan fingerprint density at radius 1 is 1.09 bits per heavy atom. The van der Waals surface area contributed by atoms with Gasteiger partial charge in [0, 0.05) is 24.7 Å². The van der Waals surface area contributed by atoms with E-state index in [0.29, 0.717) is 31.5 Å². The number of rotatable bonds is 2. The van der Waals surface area contributed by atoms with E-state index in [0.717, 1.165) is 11.1 Å². The molecule has 2 amide bonds. The highest BCUT2D eigenvalue weighted by molar-refractivity contribution is 5.94. The van der Waals surface area contributed by atoms with Crippen molar-refractivity contribution < 1.29 is 22.8 Å².